The summed E-state index contributed by atoms with van der Waals surface area (Å²) in [6, 6.07) is 17.5. The van der Waals surface area contributed by atoms with E-state index in [2.05, 4.69) is 0 Å². The molecule has 0 aliphatic carbocycles. The lowest BCUT2D eigenvalue weighted by Gasteiger charge is -2.29. The number of nitrogens with zero attached hydrogens (tertiary/aromatic N) is 1. The molecule has 2 aromatic carbocycles. The first-order chi connectivity index (χ1) is 16.3. The Hall–Kier alpha value is -3.92. The predicted octanol–water partition coefficient (Wildman–Crippen LogP) is 1.67. The Kier molecular flexibility index (Phi) is 6.51. The number of esters is 1. The molecule has 3 aromatic rings. The number of quaternary nitrogens is 1. The van der Waals surface area contributed by atoms with Crippen LogP contribution in [0.25, 0.3) is 0 Å². The SMILES string of the molecule is COC(=O)C1=C(N)Oc2cc(C)n(CCc3ccccc3)c(=O)c2[C@H]1c1cccc([NH+]([O-])O)c1. The summed E-state index contributed by atoms with van der Waals surface area (Å²) >= 11 is 0. The molecular formula is C25H25N3O6. The number of aryl methyl sites for hydroxylation is 2. The number of aromatic nitrogens is 1. The minimum atomic E-state index is -1.13. The lowest BCUT2D eigenvalue weighted by molar-refractivity contribution is -0.991. The lowest BCUT2D eigenvalue weighted by atomic mass is 9.83. The summed E-state index contributed by atoms with van der Waals surface area (Å²) in [4.78, 5) is 26.5. The number of fused-ring (bicyclic) bond motifs is 1. The smallest absolute Gasteiger partial charge is 0.340 e. The summed E-state index contributed by atoms with van der Waals surface area (Å²) in [6.07, 6.45) is 0.627. The minimum absolute atomic E-state index is 0.0184. The third kappa shape index (κ3) is 4.32. The van der Waals surface area contributed by atoms with Gasteiger partial charge in [0.25, 0.3) is 5.56 Å². The summed E-state index contributed by atoms with van der Waals surface area (Å²) < 4.78 is 12.2. The molecule has 0 saturated heterocycles. The molecule has 0 fully saturated rings. The van der Waals surface area contributed by atoms with Crippen molar-refractivity contribution in [3.05, 3.63) is 110 Å². The fourth-order valence-electron chi connectivity index (χ4n) is 4.24. The van der Waals surface area contributed by atoms with Gasteiger partial charge in [0.05, 0.1) is 18.6 Å². The van der Waals surface area contributed by atoms with Crippen molar-refractivity contribution in [2.45, 2.75) is 25.8 Å². The van der Waals surface area contributed by atoms with Crippen LogP contribution < -0.4 is 21.3 Å². The third-order valence-corrected chi connectivity index (χ3v) is 5.91. The van der Waals surface area contributed by atoms with Crippen molar-refractivity contribution in [3.63, 3.8) is 0 Å². The van der Waals surface area contributed by atoms with Gasteiger partial charge in [-0.1, -0.05) is 42.5 Å². The van der Waals surface area contributed by atoms with Crippen LogP contribution in [0.2, 0.25) is 0 Å². The van der Waals surface area contributed by atoms with Crippen LogP contribution in [-0.4, -0.2) is 22.9 Å². The summed E-state index contributed by atoms with van der Waals surface area (Å²) in [5.41, 5.74) is 8.10. The van der Waals surface area contributed by atoms with Gasteiger partial charge in [-0.3, -0.25) is 4.79 Å². The van der Waals surface area contributed by atoms with Gasteiger partial charge >= 0.3 is 5.97 Å². The number of nitrogens with one attached hydrogen (secondary N) is 1. The summed E-state index contributed by atoms with van der Waals surface area (Å²) in [6.45, 7) is 2.21. The Labute approximate surface area is 195 Å². The molecule has 4 N–H and O–H groups in total. The summed E-state index contributed by atoms with van der Waals surface area (Å²) in [5, 5.41) is 19.9. The number of benzene rings is 2. The van der Waals surface area contributed by atoms with E-state index in [1.165, 1.54) is 19.2 Å². The zero-order valence-electron chi connectivity index (χ0n) is 18.8. The first-order valence-electron chi connectivity index (χ1n) is 10.7. The maximum atomic E-state index is 13.8. The first kappa shape index (κ1) is 23.2. The van der Waals surface area contributed by atoms with E-state index in [1.54, 1.807) is 29.7 Å². The molecule has 2 atom stereocenters. The molecule has 1 aliphatic heterocycles. The Bertz CT molecular complexity index is 1310. The number of pyridine rings is 1. The molecule has 1 aromatic heterocycles. The molecule has 4 rings (SSSR count). The van der Waals surface area contributed by atoms with E-state index in [1.807, 2.05) is 30.3 Å². The van der Waals surface area contributed by atoms with Crippen molar-refractivity contribution in [2.24, 2.45) is 5.73 Å². The highest BCUT2D eigenvalue weighted by molar-refractivity contribution is 5.92. The number of rotatable bonds is 6. The number of hydrogen-bond donors (Lipinski definition) is 3. The standard InChI is InChI=1S/C25H25N3O6/c1-15-13-19-21(24(29)27(15)12-11-16-7-4-3-5-8-16)20(22(23(26)34-19)25(30)33-2)17-9-6-10-18(14-17)28(31)32/h3-10,13-14,20,28,31H,11-12,26H2,1-2H3/t20-/m1/s1. The summed E-state index contributed by atoms with van der Waals surface area (Å²) in [7, 11) is 1.20. The maximum Gasteiger partial charge on any atom is 0.340 e. The van der Waals surface area contributed by atoms with Crippen LogP contribution in [0.4, 0.5) is 5.69 Å². The minimum Gasteiger partial charge on any atom is -0.595 e. The highest BCUT2D eigenvalue weighted by atomic mass is 16.8. The Morgan fingerprint density at radius 2 is 1.94 bits per heavy atom. The van der Waals surface area contributed by atoms with Gasteiger partial charge in [0.1, 0.15) is 11.3 Å². The predicted molar refractivity (Wildman–Crippen MR) is 124 cm³/mol. The molecule has 176 valence electrons. The van der Waals surface area contributed by atoms with Crippen molar-refractivity contribution < 1.29 is 24.7 Å². The number of carbonyl (C=O) groups is 1. The second-order valence-corrected chi connectivity index (χ2v) is 7.99. The molecule has 0 radical (unpaired) electrons. The average molecular weight is 463 g/mol. The molecule has 0 spiro atoms. The molecule has 0 saturated carbocycles. The first-order valence-corrected chi connectivity index (χ1v) is 10.7. The van der Waals surface area contributed by atoms with Gasteiger partial charge in [-0.05, 0) is 24.5 Å². The Morgan fingerprint density at radius 1 is 1.21 bits per heavy atom. The van der Waals surface area contributed by atoms with Crippen molar-refractivity contribution in [1.29, 1.82) is 0 Å². The Morgan fingerprint density at radius 3 is 2.62 bits per heavy atom. The number of hydrogen-bond acceptors (Lipinski definition) is 7. The van der Waals surface area contributed by atoms with Gasteiger partial charge in [-0.15, -0.1) is 0 Å². The van der Waals surface area contributed by atoms with E-state index >= 15 is 0 Å². The summed E-state index contributed by atoms with van der Waals surface area (Å²) in [5.74, 6) is -1.67. The normalized spacial score (nSPS) is 15.9. The molecular weight excluding hydrogens is 438 g/mol. The van der Waals surface area contributed by atoms with Crippen molar-refractivity contribution in [3.8, 4) is 5.75 Å². The monoisotopic (exact) mass is 463 g/mol. The number of ether oxygens (including phenoxy) is 2. The second-order valence-electron chi connectivity index (χ2n) is 7.99. The van der Waals surface area contributed by atoms with E-state index in [9.17, 15) is 20.0 Å². The van der Waals surface area contributed by atoms with Gasteiger partial charge in [0.2, 0.25) is 5.88 Å². The molecule has 34 heavy (non-hydrogen) atoms. The van der Waals surface area contributed by atoms with Crippen LogP contribution in [0.5, 0.6) is 5.75 Å². The fourth-order valence-corrected chi connectivity index (χ4v) is 4.24. The maximum absolute atomic E-state index is 13.8. The van der Waals surface area contributed by atoms with Gasteiger partial charge < -0.3 is 25.0 Å². The van der Waals surface area contributed by atoms with Crippen molar-refractivity contribution in [1.82, 2.24) is 4.57 Å². The van der Waals surface area contributed by atoms with Crippen LogP contribution in [0, 0.1) is 12.1 Å². The third-order valence-electron chi connectivity index (χ3n) is 5.91. The van der Waals surface area contributed by atoms with Crippen LogP contribution >= 0.6 is 0 Å². The second kappa shape index (κ2) is 9.52. The van der Waals surface area contributed by atoms with Gasteiger partial charge in [-0.2, -0.15) is 5.23 Å². The Balaban J connectivity index is 1.88. The quantitative estimate of drug-likeness (QED) is 0.374. The zero-order chi connectivity index (χ0) is 24.4. The van der Waals surface area contributed by atoms with E-state index in [0.29, 0.717) is 24.2 Å². The van der Waals surface area contributed by atoms with Crippen molar-refractivity contribution >= 4 is 11.7 Å². The highest BCUT2D eigenvalue weighted by Crippen LogP contribution is 2.41. The molecule has 0 bridgehead atoms. The van der Waals surface area contributed by atoms with Crippen molar-refractivity contribution in [2.75, 3.05) is 7.11 Å². The molecule has 2 heterocycles. The number of carbonyl (C=O) groups excluding carboxylic acids is 1. The molecule has 9 nitrogen and oxygen atoms in total. The fraction of sp³-hybridized carbons (Fsp3) is 0.200. The largest absolute Gasteiger partial charge is 0.595 e. The van der Waals surface area contributed by atoms with E-state index in [4.69, 9.17) is 15.2 Å². The van der Waals surface area contributed by atoms with Gasteiger partial charge in [0, 0.05) is 30.4 Å². The van der Waals surface area contributed by atoms with E-state index < -0.39 is 17.1 Å². The van der Waals surface area contributed by atoms with E-state index in [0.717, 1.165) is 5.56 Å². The number of methoxy groups -OCH3 is 1. The highest BCUT2D eigenvalue weighted by Gasteiger charge is 2.38. The van der Waals surface area contributed by atoms with Crippen LogP contribution in [-0.2, 0) is 22.5 Å². The number of nitrogens with two attached hydrogens (primary N) is 1. The topological polar surface area (TPSA) is 131 Å². The molecule has 9 heteroatoms. The van der Waals surface area contributed by atoms with Gasteiger partial charge in [0.15, 0.2) is 5.69 Å². The average Bonchev–Trinajstić information content (AvgIpc) is 2.83. The van der Waals surface area contributed by atoms with Crippen LogP contribution in [0.1, 0.15) is 28.3 Å². The molecule has 1 aliphatic rings. The zero-order valence-corrected chi connectivity index (χ0v) is 18.8. The molecule has 1 unspecified atom stereocenters. The van der Waals surface area contributed by atoms with E-state index in [-0.39, 0.29) is 34.0 Å². The lowest BCUT2D eigenvalue weighted by Crippen LogP contribution is -2.99. The van der Waals surface area contributed by atoms with Crippen LogP contribution in [0.15, 0.2) is 76.9 Å². The van der Waals surface area contributed by atoms with Gasteiger partial charge in [-0.25, -0.2) is 10.0 Å². The van der Waals surface area contributed by atoms with Crippen LogP contribution in [0.3, 0.4) is 0 Å². The molecule has 0 amide bonds.